The normalized spacial score (nSPS) is 11.3. The molecule has 8 heteroatoms. The molecule has 0 unspecified atom stereocenters. The number of carbonyl (C=O) groups is 1. The Bertz CT molecular complexity index is 1060. The Kier molecular flexibility index (Phi) is 5.30. The fourth-order valence-corrected chi connectivity index (χ4v) is 2.63. The molecule has 0 bridgehead atoms. The van der Waals surface area contributed by atoms with E-state index in [0.717, 1.165) is 11.6 Å². The highest BCUT2D eigenvalue weighted by molar-refractivity contribution is 6.04. The number of alkyl halides is 3. The summed E-state index contributed by atoms with van der Waals surface area (Å²) in [6.07, 6.45) is -3.40. The zero-order chi connectivity index (χ0) is 20.3. The molecule has 4 nitrogen and oxygen atoms in total. The third kappa shape index (κ3) is 4.28. The van der Waals surface area contributed by atoms with Crippen molar-refractivity contribution in [1.29, 1.82) is 0 Å². The summed E-state index contributed by atoms with van der Waals surface area (Å²) in [6.45, 7) is 0.232. The molecule has 0 radical (unpaired) electrons. The lowest BCUT2D eigenvalue weighted by Crippen LogP contribution is -2.29. The Balaban J connectivity index is 1.86. The second kappa shape index (κ2) is 7.67. The van der Waals surface area contributed by atoms with Crippen molar-refractivity contribution in [2.45, 2.75) is 12.7 Å². The van der Waals surface area contributed by atoms with Crippen LogP contribution in [0.5, 0.6) is 0 Å². The van der Waals surface area contributed by atoms with Crippen LogP contribution in [0, 0.1) is 5.82 Å². The highest BCUT2D eigenvalue weighted by atomic mass is 19.4. The Morgan fingerprint density at radius 2 is 1.71 bits per heavy atom. The number of pyridine rings is 1. The van der Waals surface area contributed by atoms with Crippen molar-refractivity contribution in [3.8, 4) is 0 Å². The number of nitrogens with one attached hydrogen (secondary N) is 1. The van der Waals surface area contributed by atoms with E-state index in [1.54, 1.807) is 0 Å². The Morgan fingerprint density at radius 3 is 2.39 bits per heavy atom. The largest absolute Gasteiger partial charge is 0.419 e. The van der Waals surface area contributed by atoms with E-state index in [-0.39, 0.29) is 17.8 Å². The van der Waals surface area contributed by atoms with E-state index < -0.39 is 29.0 Å². The number of hydrogen-bond acceptors (Lipinski definition) is 2. The highest BCUT2D eigenvalue weighted by Crippen LogP contribution is 2.33. The monoisotopic (exact) mass is 390 g/mol. The minimum Gasteiger partial charge on any atom is -0.322 e. The topological polar surface area (TPSA) is 51.1 Å². The molecule has 1 N–H and O–H groups in total. The molecule has 0 aliphatic carbocycles. The van der Waals surface area contributed by atoms with E-state index >= 15 is 0 Å². The van der Waals surface area contributed by atoms with Gasteiger partial charge in [0.15, 0.2) is 0 Å². The molecule has 1 heterocycles. The summed E-state index contributed by atoms with van der Waals surface area (Å²) in [4.78, 5) is 24.9. The molecular formula is C20H14F4N2O2. The molecule has 144 valence electrons. The molecule has 0 aliphatic heterocycles. The first-order valence-corrected chi connectivity index (χ1v) is 8.17. The molecule has 0 saturated heterocycles. The van der Waals surface area contributed by atoms with Crippen molar-refractivity contribution < 1.29 is 22.4 Å². The van der Waals surface area contributed by atoms with Gasteiger partial charge in [0.1, 0.15) is 11.4 Å². The van der Waals surface area contributed by atoms with Crippen LogP contribution in [0.25, 0.3) is 0 Å². The second-order valence-electron chi connectivity index (χ2n) is 5.99. The molecule has 28 heavy (non-hydrogen) atoms. The fourth-order valence-electron chi connectivity index (χ4n) is 2.63. The summed E-state index contributed by atoms with van der Waals surface area (Å²) < 4.78 is 53.1. The number of benzene rings is 2. The van der Waals surface area contributed by atoms with Crippen LogP contribution in [0.4, 0.5) is 23.2 Å². The number of carbonyl (C=O) groups excluding carboxylic acids is 1. The van der Waals surface area contributed by atoms with Crippen LogP contribution in [-0.2, 0) is 12.7 Å². The van der Waals surface area contributed by atoms with Gasteiger partial charge in [-0.25, -0.2) is 4.39 Å². The van der Waals surface area contributed by atoms with Gasteiger partial charge in [0.05, 0.1) is 12.1 Å². The zero-order valence-electron chi connectivity index (χ0n) is 14.3. The lowest BCUT2D eigenvalue weighted by atomic mass is 10.1. The maximum atomic E-state index is 13.4. The number of aromatic nitrogens is 1. The van der Waals surface area contributed by atoms with Crippen LogP contribution in [0.3, 0.4) is 0 Å². The van der Waals surface area contributed by atoms with E-state index in [0.29, 0.717) is 12.1 Å². The van der Waals surface area contributed by atoms with E-state index in [1.807, 2.05) is 30.3 Å². The average Bonchev–Trinajstić information content (AvgIpc) is 2.65. The predicted octanol–water partition coefficient (Wildman–Crippen LogP) is 4.31. The van der Waals surface area contributed by atoms with Gasteiger partial charge in [-0.15, -0.1) is 0 Å². The summed E-state index contributed by atoms with van der Waals surface area (Å²) in [7, 11) is 0. The van der Waals surface area contributed by atoms with Crippen LogP contribution in [-0.4, -0.2) is 10.5 Å². The van der Waals surface area contributed by atoms with Gasteiger partial charge in [-0.05, 0) is 35.9 Å². The first-order chi connectivity index (χ1) is 13.3. The Labute approximate surface area is 157 Å². The van der Waals surface area contributed by atoms with Crippen LogP contribution < -0.4 is 10.9 Å². The minimum absolute atomic E-state index is 0.232. The van der Waals surface area contributed by atoms with Gasteiger partial charge in [-0.2, -0.15) is 13.2 Å². The van der Waals surface area contributed by atoms with Crippen LogP contribution in [0.1, 0.15) is 21.5 Å². The van der Waals surface area contributed by atoms with Gasteiger partial charge in [0.25, 0.3) is 11.5 Å². The molecular weight excluding hydrogens is 376 g/mol. The van der Waals surface area contributed by atoms with Gasteiger partial charge in [0.2, 0.25) is 0 Å². The maximum absolute atomic E-state index is 13.4. The summed E-state index contributed by atoms with van der Waals surface area (Å²) >= 11 is 0. The quantitative estimate of drug-likeness (QED) is 0.675. The lowest BCUT2D eigenvalue weighted by Gasteiger charge is -2.12. The number of halogens is 4. The molecule has 1 aromatic heterocycles. The number of rotatable bonds is 4. The predicted molar refractivity (Wildman–Crippen MR) is 95.6 cm³/mol. The van der Waals surface area contributed by atoms with Gasteiger partial charge < -0.3 is 9.88 Å². The van der Waals surface area contributed by atoms with Crippen molar-refractivity contribution >= 4 is 11.6 Å². The Hall–Kier alpha value is -3.42. The fraction of sp³-hybridized carbons (Fsp3) is 0.100. The second-order valence-corrected chi connectivity index (χ2v) is 5.99. The molecule has 3 aromatic rings. The van der Waals surface area contributed by atoms with Gasteiger partial charge in [-0.1, -0.05) is 30.3 Å². The molecule has 0 aliphatic rings. The van der Waals surface area contributed by atoms with Gasteiger partial charge in [0, 0.05) is 11.9 Å². The average molecular weight is 390 g/mol. The molecule has 0 atom stereocenters. The molecule has 0 spiro atoms. The zero-order valence-corrected chi connectivity index (χ0v) is 14.3. The number of nitrogens with zero attached hydrogens (tertiary/aromatic N) is 1. The SMILES string of the molecule is O=C(Nc1ccc(F)c(C(F)(F)F)c1)c1cccn(Cc2ccccc2)c1=O. The third-order valence-corrected chi connectivity index (χ3v) is 3.99. The summed E-state index contributed by atoms with van der Waals surface area (Å²) in [5, 5.41) is 2.21. The van der Waals surface area contributed by atoms with Crippen molar-refractivity contribution in [2.24, 2.45) is 0 Å². The summed E-state index contributed by atoms with van der Waals surface area (Å²) in [6, 6.07) is 13.9. The van der Waals surface area contributed by atoms with Crippen molar-refractivity contribution in [3.63, 3.8) is 0 Å². The minimum atomic E-state index is -4.90. The van der Waals surface area contributed by atoms with Crippen molar-refractivity contribution in [1.82, 2.24) is 4.57 Å². The number of anilines is 1. The Morgan fingerprint density at radius 1 is 1.00 bits per heavy atom. The molecule has 1 amide bonds. The van der Waals surface area contributed by atoms with Crippen LogP contribution >= 0.6 is 0 Å². The van der Waals surface area contributed by atoms with Crippen molar-refractivity contribution in [2.75, 3.05) is 5.32 Å². The summed E-state index contributed by atoms with van der Waals surface area (Å²) in [5.41, 5.74) is -1.76. The standard InChI is InChI=1S/C20H14F4N2O2/c21-17-9-8-14(11-16(17)20(22,23)24)25-18(27)15-7-4-10-26(19(15)28)12-13-5-2-1-3-6-13/h1-11H,12H2,(H,25,27). The molecule has 0 saturated carbocycles. The van der Waals surface area contributed by atoms with E-state index in [1.165, 1.54) is 22.9 Å². The molecule has 3 rings (SSSR count). The van der Waals surface area contributed by atoms with Crippen LogP contribution in [0.2, 0.25) is 0 Å². The van der Waals surface area contributed by atoms with Crippen molar-refractivity contribution in [3.05, 3.63) is 99.7 Å². The number of amides is 1. The first kappa shape index (κ1) is 19.3. The molecule has 0 fully saturated rings. The first-order valence-electron chi connectivity index (χ1n) is 8.17. The van der Waals surface area contributed by atoms with E-state index in [9.17, 15) is 27.2 Å². The molecule has 2 aromatic carbocycles. The van der Waals surface area contributed by atoms with E-state index in [2.05, 4.69) is 5.32 Å². The van der Waals surface area contributed by atoms with E-state index in [4.69, 9.17) is 0 Å². The van der Waals surface area contributed by atoms with Gasteiger partial charge in [-0.3, -0.25) is 9.59 Å². The third-order valence-electron chi connectivity index (χ3n) is 3.99. The number of hydrogen-bond donors (Lipinski definition) is 1. The maximum Gasteiger partial charge on any atom is 0.419 e. The lowest BCUT2D eigenvalue weighted by molar-refractivity contribution is -0.139. The summed E-state index contributed by atoms with van der Waals surface area (Å²) in [5.74, 6) is -2.33. The van der Waals surface area contributed by atoms with Gasteiger partial charge >= 0.3 is 6.18 Å². The highest BCUT2D eigenvalue weighted by Gasteiger charge is 2.34. The van der Waals surface area contributed by atoms with Crippen LogP contribution in [0.15, 0.2) is 71.7 Å². The smallest absolute Gasteiger partial charge is 0.322 e.